The average Bonchev–Trinajstić information content (AvgIpc) is 3.36. The van der Waals surface area contributed by atoms with Crippen LogP contribution in [-0.4, -0.2) is 71.8 Å². The molecule has 4 aliphatic rings. The van der Waals surface area contributed by atoms with E-state index in [-0.39, 0.29) is 30.5 Å². The number of aldehydes is 2. The molecule has 2 aromatic rings. The Hall–Kier alpha value is -3.11. The fraction of sp³-hybridized carbons (Fsp3) is 0.545. The minimum Gasteiger partial charge on any atom is -0.496 e. The second-order valence-electron chi connectivity index (χ2n) is 12.9. The topological polar surface area (TPSA) is 125 Å². The number of benzene rings is 2. The number of hydrogen-bond acceptors (Lipinski definition) is 8. The third kappa shape index (κ3) is 5.28. The van der Waals surface area contributed by atoms with Crippen LogP contribution in [0.5, 0.6) is 5.75 Å². The van der Waals surface area contributed by atoms with Crippen LogP contribution in [0.25, 0.3) is 11.1 Å². The first-order chi connectivity index (χ1) is 20.0. The molecule has 0 radical (unpaired) electrons. The molecule has 3 N–H and O–H groups in total. The van der Waals surface area contributed by atoms with Crippen molar-refractivity contribution in [1.29, 1.82) is 0 Å². The molecule has 3 aliphatic carbocycles. The molecule has 1 amide bonds. The van der Waals surface area contributed by atoms with Crippen LogP contribution in [0.1, 0.15) is 66.8 Å². The van der Waals surface area contributed by atoms with E-state index in [9.17, 15) is 24.6 Å². The highest BCUT2D eigenvalue weighted by Gasteiger charge is 2.57. The van der Waals surface area contributed by atoms with Gasteiger partial charge in [0, 0.05) is 34.2 Å². The van der Waals surface area contributed by atoms with Gasteiger partial charge in [-0.3, -0.25) is 19.2 Å². The van der Waals surface area contributed by atoms with E-state index in [1.807, 2.05) is 18.2 Å². The number of aliphatic hydroxyl groups excluding tert-OH is 2. The maximum absolute atomic E-state index is 14.0. The van der Waals surface area contributed by atoms with Crippen LogP contribution in [0.4, 0.5) is 0 Å². The first-order valence-corrected chi connectivity index (χ1v) is 14.8. The summed E-state index contributed by atoms with van der Waals surface area (Å²) in [6.07, 6.45) is 1.84. The van der Waals surface area contributed by atoms with E-state index < -0.39 is 24.2 Å². The highest BCUT2D eigenvalue weighted by molar-refractivity contribution is 5.87. The Balaban J connectivity index is 1.45. The number of hydroxylamine groups is 2. The minimum absolute atomic E-state index is 0.0360. The number of nitrogens with one attached hydrogen (secondary N) is 1. The molecule has 2 aromatic carbocycles. The van der Waals surface area contributed by atoms with Crippen LogP contribution in [0.2, 0.25) is 0 Å². The highest BCUT2D eigenvalue weighted by Crippen LogP contribution is 2.61. The molecule has 226 valence electrons. The van der Waals surface area contributed by atoms with Gasteiger partial charge in [0.2, 0.25) is 5.91 Å². The molecular weight excluding hydrogens is 536 g/mol. The number of nitrogens with zero attached hydrogens (tertiary/aromatic N) is 1. The number of para-hydroxylation sites is 1. The van der Waals surface area contributed by atoms with Gasteiger partial charge in [-0.25, -0.2) is 0 Å². The summed E-state index contributed by atoms with van der Waals surface area (Å²) in [7, 11) is 1.54. The Kier molecular flexibility index (Phi) is 8.58. The summed E-state index contributed by atoms with van der Waals surface area (Å²) in [5.41, 5.74) is 3.03. The molecule has 1 aliphatic heterocycles. The number of ether oxygens (including phenoxy) is 1. The third-order valence-corrected chi connectivity index (χ3v) is 10.3. The van der Waals surface area contributed by atoms with Crippen molar-refractivity contribution in [3.8, 4) is 16.9 Å². The Morgan fingerprint density at radius 2 is 1.88 bits per heavy atom. The molecule has 3 saturated carbocycles. The molecule has 2 bridgehead atoms. The van der Waals surface area contributed by atoms with E-state index in [1.54, 1.807) is 24.1 Å². The number of amides is 1. The smallest absolute Gasteiger partial charge is 0.240 e. The molecule has 42 heavy (non-hydrogen) atoms. The quantitative estimate of drug-likeness (QED) is 0.365. The maximum atomic E-state index is 14.0. The first kappa shape index (κ1) is 30.4. The van der Waals surface area contributed by atoms with Crippen LogP contribution in [0.15, 0.2) is 36.4 Å². The maximum Gasteiger partial charge on any atom is 0.240 e. The molecule has 6 rings (SSSR count). The van der Waals surface area contributed by atoms with E-state index in [1.165, 1.54) is 19.6 Å². The highest BCUT2D eigenvalue weighted by atomic mass is 16.7. The number of aliphatic hydroxyl groups is 2. The van der Waals surface area contributed by atoms with Crippen LogP contribution < -0.4 is 10.1 Å². The third-order valence-electron chi connectivity index (χ3n) is 10.3. The zero-order valence-electron chi connectivity index (χ0n) is 24.9. The number of methoxy groups -OCH3 is 1. The monoisotopic (exact) mass is 578 g/mol. The molecule has 0 unspecified atom stereocenters. The lowest BCUT2D eigenvalue weighted by Gasteiger charge is -2.62. The van der Waals surface area contributed by atoms with Gasteiger partial charge in [-0.05, 0) is 66.7 Å². The van der Waals surface area contributed by atoms with Crippen molar-refractivity contribution >= 4 is 18.5 Å². The van der Waals surface area contributed by atoms with Gasteiger partial charge in [-0.1, -0.05) is 39.0 Å². The van der Waals surface area contributed by atoms with Crippen molar-refractivity contribution in [3.05, 3.63) is 53.1 Å². The standard InChI is InChI=1S/C33H42N2O7/c1-18-26-12-24(33(26,3)4)13-27(18)34-32(40)30-29(19(2)39)28(17-38)42-35(30)14-22-7-6-8-25(31(22)41-5)23-10-20(15-36)9-21(11-23)16-37/h6-11,15-16,18-19,24,26-30,38-39H,12-14,17H2,1-5H3,(H,34,40)/t18-,19-,24-,26+,27-,28-,29+,30-/m0/s1. The number of carbonyl (C=O) groups excluding carboxylic acids is 3. The fourth-order valence-electron chi connectivity index (χ4n) is 7.80. The number of carbonyl (C=O) groups is 3. The summed E-state index contributed by atoms with van der Waals surface area (Å²) < 4.78 is 5.82. The Morgan fingerprint density at radius 1 is 1.19 bits per heavy atom. The summed E-state index contributed by atoms with van der Waals surface area (Å²) in [4.78, 5) is 43.2. The van der Waals surface area contributed by atoms with Crippen molar-refractivity contribution in [1.82, 2.24) is 10.4 Å². The molecule has 9 nitrogen and oxygen atoms in total. The molecule has 0 spiro atoms. The van der Waals surface area contributed by atoms with Crippen molar-refractivity contribution < 1.29 is 34.2 Å². The second-order valence-corrected chi connectivity index (χ2v) is 12.9. The zero-order chi connectivity index (χ0) is 30.3. The van der Waals surface area contributed by atoms with E-state index in [4.69, 9.17) is 9.57 Å². The molecule has 1 heterocycles. The Bertz CT molecular complexity index is 1320. The van der Waals surface area contributed by atoms with Gasteiger partial charge in [-0.15, -0.1) is 0 Å². The number of fused-ring (bicyclic) bond motifs is 2. The first-order valence-electron chi connectivity index (χ1n) is 14.8. The SMILES string of the molecule is COc1c(CN2O[C@@H](CO)[C@@H]([C@H](C)O)[C@H]2C(=O)N[C@H]2C[C@@H]3C[C@H]([C@@H]2C)C3(C)C)cccc1-c1cc(C=O)cc(C=O)c1. The van der Waals surface area contributed by atoms with Gasteiger partial charge >= 0.3 is 0 Å². The van der Waals surface area contributed by atoms with Gasteiger partial charge in [-0.2, -0.15) is 5.06 Å². The molecule has 4 fully saturated rings. The molecule has 9 heteroatoms. The normalized spacial score (nSPS) is 30.7. The minimum atomic E-state index is -0.903. The molecule has 1 saturated heterocycles. The summed E-state index contributed by atoms with van der Waals surface area (Å²) in [5, 5.41) is 25.7. The Morgan fingerprint density at radius 3 is 2.43 bits per heavy atom. The predicted octanol–water partition coefficient (Wildman–Crippen LogP) is 3.65. The fourth-order valence-corrected chi connectivity index (χ4v) is 7.80. The largest absolute Gasteiger partial charge is 0.496 e. The van der Waals surface area contributed by atoms with Gasteiger partial charge in [0.05, 0.1) is 26.4 Å². The van der Waals surface area contributed by atoms with E-state index in [0.29, 0.717) is 63.9 Å². The summed E-state index contributed by atoms with van der Waals surface area (Å²) in [5.74, 6) is 1.09. The van der Waals surface area contributed by atoms with Crippen molar-refractivity contribution in [2.75, 3.05) is 13.7 Å². The number of hydrogen-bond donors (Lipinski definition) is 3. The van der Waals surface area contributed by atoms with Crippen LogP contribution in [0.3, 0.4) is 0 Å². The lowest BCUT2D eigenvalue weighted by molar-refractivity contribution is -0.183. The van der Waals surface area contributed by atoms with Crippen LogP contribution >= 0.6 is 0 Å². The van der Waals surface area contributed by atoms with Gasteiger partial charge < -0.3 is 20.3 Å². The summed E-state index contributed by atoms with van der Waals surface area (Å²) in [6, 6.07) is 9.61. The van der Waals surface area contributed by atoms with E-state index in [2.05, 4.69) is 26.1 Å². The Labute approximate surface area is 247 Å². The molecule has 8 atom stereocenters. The van der Waals surface area contributed by atoms with Crippen LogP contribution in [0, 0.1) is 29.1 Å². The van der Waals surface area contributed by atoms with Gasteiger partial charge in [0.25, 0.3) is 0 Å². The van der Waals surface area contributed by atoms with Crippen LogP contribution in [-0.2, 0) is 16.2 Å². The molecular formula is C33H42N2O7. The lowest BCUT2D eigenvalue weighted by atomic mass is 9.45. The lowest BCUT2D eigenvalue weighted by Crippen LogP contribution is -2.62. The number of rotatable bonds is 10. The van der Waals surface area contributed by atoms with Gasteiger partial charge in [0.15, 0.2) is 0 Å². The molecule has 0 aromatic heterocycles. The van der Waals surface area contributed by atoms with E-state index >= 15 is 0 Å². The van der Waals surface area contributed by atoms with Crippen molar-refractivity contribution in [2.24, 2.45) is 29.1 Å². The van der Waals surface area contributed by atoms with E-state index in [0.717, 1.165) is 6.42 Å². The summed E-state index contributed by atoms with van der Waals surface area (Å²) >= 11 is 0. The summed E-state index contributed by atoms with van der Waals surface area (Å²) in [6.45, 7) is 8.26. The average molecular weight is 579 g/mol. The second kappa shape index (κ2) is 11.9. The van der Waals surface area contributed by atoms with Gasteiger partial charge in [0.1, 0.15) is 30.5 Å². The predicted molar refractivity (Wildman–Crippen MR) is 157 cm³/mol. The zero-order valence-corrected chi connectivity index (χ0v) is 24.9. The van der Waals surface area contributed by atoms with Crippen molar-refractivity contribution in [3.63, 3.8) is 0 Å². The van der Waals surface area contributed by atoms with Crippen molar-refractivity contribution in [2.45, 2.75) is 71.4 Å².